The third-order valence-electron chi connectivity index (χ3n) is 2.62. The Morgan fingerprint density at radius 2 is 2.00 bits per heavy atom. The van der Waals surface area contributed by atoms with E-state index in [4.69, 9.17) is 17.3 Å². The number of benzene rings is 1. The van der Waals surface area contributed by atoms with Gasteiger partial charge in [-0.2, -0.15) is 0 Å². The molecule has 1 heterocycles. The zero-order valence-corrected chi connectivity index (χ0v) is 11.0. The molecule has 0 fully saturated rings. The van der Waals surface area contributed by atoms with Gasteiger partial charge < -0.3 is 5.73 Å². The third kappa shape index (κ3) is 3.93. The maximum absolute atomic E-state index is 11.8. The molecule has 0 atom stereocenters. The van der Waals surface area contributed by atoms with Crippen molar-refractivity contribution in [2.24, 2.45) is 0 Å². The van der Waals surface area contributed by atoms with E-state index in [-0.39, 0.29) is 12.2 Å². The number of nitrogens with two attached hydrogens (primary N) is 1. The lowest BCUT2D eigenvalue weighted by molar-refractivity contribution is -0.113. The molecule has 19 heavy (non-hydrogen) atoms. The topological polar surface area (TPSA) is 56.0 Å². The van der Waals surface area contributed by atoms with E-state index >= 15 is 0 Å². The van der Waals surface area contributed by atoms with Crippen LogP contribution in [0.1, 0.15) is 11.1 Å². The second kappa shape index (κ2) is 6.16. The number of aromatic nitrogens is 1. The lowest BCUT2D eigenvalue weighted by Crippen LogP contribution is -1.99. The highest BCUT2D eigenvalue weighted by atomic mass is 35.5. The molecule has 2 rings (SSSR count). The van der Waals surface area contributed by atoms with Crippen molar-refractivity contribution in [3.8, 4) is 0 Å². The molecule has 1 aromatic carbocycles. The molecule has 1 aromatic heterocycles. The molecule has 0 radical (unpaired) electrons. The average molecular weight is 273 g/mol. The lowest BCUT2D eigenvalue weighted by atomic mass is 10.1. The van der Waals surface area contributed by atoms with Crippen LogP contribution < -0.4 is 5.73 Å². The number of carbonyl (C=O) groups excluding carboxylic acids is 1. The van der Waals surface area contributed by atoms with E-state index in [0.29, 0.717) is 10.7 Å². The fourth-order valence-corrected chi connectivity index (χ4v) is 1.78. The Kier molecular flexibility index (Phi) is 4.31. The van der Waals surface area contributed by atoms with E-state index in [1.165, 1.54) is 6.20 Å². The number of carbonyl (C=O) groups is 1. The van der Waals surface area contributed by atoms with Crippen molar-refractivity contribution < 1.29 is 4.79 Å². The van der Waals surface area contributed by atoms with Gasteiger partial charge in [0.05, 0.1) is 5.02 Å². The van der Waals surface area contributed by atoms with Crippen molar-refractivity contribution >= 4 is 29.1 Å². The van der Waals surface area contributed by atoms with Crippen molar-refractivity contribution in [1.29, 1.82) is 0 Å². The monoisotopic (exact) mass is 272 g/mol. The van der Waals surface area contributed by atoms with E-state index in [0.717, 1.165) is 11.1 Å². The Morgan fingerprint density at radius 3 is 2.68 bits per heavy atom. The van der Waals surface area contributed by atoms with Crippen molar-refractivity contribution in [1.82, 2.24) is 4.98 Å². The van der Waals surface area contributed by atoms with Gasteiger partial charge in [0.2, 0.25) is 0 Å². The highest BCUT2D eigenvalue weighted by Gasteiger charge is 2.04. The first kappa shape index (κ1) is 13.3. The van der Waals surface area contributed by atoms with Crippen LogP contribution in [0.25, 0.3) is 6.08 Å². The molecule has 2 N–H and O–H groups in total. The number of nitrogens with zero attached hydrogens (tertiary/aromatic N) is 1. The summed E-state index contributed by atoms with van der Waals surface area (Å²) in [5, 5.41) is 0.511. The molecule has 2 aromatic rings. The summed E-state index contributed by atoms with van der Waals surface area (Å²) in [5.41, 5.74) is 8.01. The molecule has 96 valence electrons. The molecule has 3 nitrogen and oxygen atoms in total. The normalized spacial score (nSPS) is 10.8. The largest absolute Gasteiger partial charge is 0.399 e. The number of pyridine rings is 1. The van der Waals surface area contributed by atoms with Gasteiger partial charge in [-0.3, -0.25) is 9.78 Å². The molecule has 0 aliphatic rings. The van der Waals surface area contributed by atoms with Crippen LogP contribution >= 0.6 is 11.6 Å². The minimum Gasteiger partial charge on any atom is -0.399 e. The summed E-state index contributed by atoms with van der Waals surface area (Å²) in [6.45, 7) is 0. The maximum Gasteiger partial charge on any atom is 0.160 e. The van der Waals surface area contributed by atoms with E-state index in [1.807, 2.05) is 12.1 Å². The fourth-order valence-electron chi connectivity index (χ4n) is 1.59. The van der Waals surface area contributed by atoms with Gasteiger partial charge in [-0.25, -0.2) is 0 Å². The van der Waals surface area contributed by atoms with Crippen molar-refractivity contribution in [3.05, 3.63) is 65.0 Å². The fraction of sp³-hybridized carbons (Fsp3) is 0.0667. The molecule has 0 saturated heterocycles. The lowest BCUT2D eigenvalue weighted by Gasteiger charge is -2.00. The van der Waals surface area contributed by atoms with Gasteiger partial charge in [0.15, 0.2) is 5.78 Å². The second-order valence-electron chi connectivity index (χ2n) is 4.11. The van der Waals surface area contributed by atoms with Gasteiger partial charge in [0.25, 0.3) is 0 Å². The molecule has 0 amide bonds. The van der Waals surface area contributed by atoms with Gasteiger partial charge in [-0.15, -0.1) is 0 Å². The summed E-state index contributed by atoms with van der Waals surface area (Å²) in [6.07, 6.45) is 6.73. The molecule has 0 bridgehead atoms. The summed E-state index contributed by atoms with van der Waals surface area (Å²) in [4.78, 5) is 15.7. The molecular formula is C15H13ClN2O. The first-order valence-corrected chi connectivity index (χ1v) is 6.18. The number of hydrogen-bond donors (Lipinski definition) is 1. The molecule has 0 aliphatic carbocycles. The third-order valence-corrected chi connectivity index (χ3v) is 2.96. The number of nitrogen functional groups attached to an aromatic ring is 1. The highest BCUT2D eigenvalue weighted by molar-refractivity contribution is 6.31. The zero-order chi connectivity index (χ0) is 13.7. The smallest absolute Gasteiger partial charge is 0.160 e. The van der Waals surface area contributed by atoms with Gasteiger partial charge >= 0.3 is 0 Å². The van der Waals surface area contributed by atoms with E-state index in [1.54, 1.807) is 36.5 Å². The molecule has 0 spiro atoms. The van der Waals surface area contributed by atoms with Crippen LogP contribution in [0.15, 0.2) is 48.8 Å². The predicted octanol–water partition coefficient (Wildman–Crippen LogP) is 3.14. The summed E-state index contributed by atoms with van der Waals surface area (Å²) in [5.74, 6) is -0.00933. The number of halogens is 1. The van der Waals surface area contributed by atoms with Crippen LogP contribution in [0.5, 0.6) is 0 Å². The first-order valence-electron chi connectivity index (χ1n) is 5.80. The molecular weight excluding hydrogens is 260 g/mol. The Morgan fingerprint density at radius 1 is 1.26 bits per heavy atom. The average Bonchev–Trinajstić information content (AvgIpc) is 2.41. The summed E-state index contributed by atoms with van der Waals surface area (Å²) in [6, 6.07) is 9.06. The highest BCUT2D eigenvalue weighted by Crippen LogP contribution is 2.14. The van der Waals surface area contributed by atoms with Crippen molar-refractivity contribution in [3.63, 3.8) is 0 Å². The first-order chi connectivity index (χ1) is 9.15. The maximum atomic E-state index is 11.8. The van der Waals surface area contributed by atoms with Gasteiger partial charge in [0.1, 0.15) is 0 Å². The van der Waals surface area contributed by atoms with E-state index < -0.39 is 0 Å². The number of allylic oxidation sites excluding steroid dienone is 1. The quantitative estimate of drug-likeness (QED) is 0.687. The molecule has 0 unspecified atom stereocenters. The molecule has 0 saturated carbocycles. The molecule has 4 heteroatoms. The number of anilines is 1. The van der Waals surface area contributed by atoms with Crippen LogP contribution in [-0.4, -0.2) is 10.8 Å². The standard InChI is InChI=1S/C15H13ClN2O/c16-15-10-18-8-7-12(15)9-14(19)6-3-11-1-4-13(17)5-2-11/h1-8,10H,9,17H2/b6-3+. The minimum absolute atomic E-state index is 0.00933. The summed E-state index contributed by atoms with van der Waals surface area (Å²) >= 11 is 5.95. The Hall–Kier alpha value is -2.13. The number of ketones is 1. The predicted molar refractivity (Wildman–Crippen MR) is 77.8 cm³/mol. The van der Waals surface area contributed by atoms with Crippen molar-refractivity contribution in [2.45, 2.75) is 6.42 Å². The van der Waals surface area contributed by atoms with Gasteiger partial charge in [-0.05, 0) is 35.4 Å². The van der Waals surface area contributed by atoms with Crippen LogP contribution in [0.2, 0.25) is 5.02 Å². The zero-order valence-electron chi connectivity index (χ0n) is 10.2. The minimum atomic E-state index is -0.00933. The number of hydrogen-bond acceptors (Lipinski definition) is 3. The molecule has 0 aliphatic heterocycles. The van der Waals surface area contributed by atoms with Crippen LogP contribution in [0, 0.1) is 0 Å². The summed E-state index contributed by atoms with van der Waals surface area (Å²) in [7, 11) is 0. The Balaban J connectivity index is 2.02. The van der Waals surface area contributed by atoms with Crippen LogP contribution in [0.3, 0.4) is 0 Å². The Bertz CT molecular complexity index is 606. The summed E-state index contributed by atoms with van der Waals surface area (Å²) < 4.78 is 0. The van der Waals surface area contributed by atoms with Crippen LogP contribution in [0.4, 0.5) is 5.69 Å². The van der Waals surface area contributed by atoms with Gasteiger partial charge in [0, 0.05) is 24.5 Å². The SMILES string of the molecule is Nc1ccc(/C=C/C(=O)Cc2ccncc2Cl)cc1. The van der Waals surface area contributed by atoms with E-state index in [2.05, 4.69) is 4.98 Å². The van der Waals surface area contributed by atoms with Crippen LogP contribution in [-0.2, 0) is 11.2 Å². The van der Waals surface area contributed by atoms with Crippen molar-refractivity contribution in [2.75, 3.05) is 5.73 Å². The second-order valence-corrected chi connectivity index (χ2v) is 4.52. The Labute approximate surface area is 116 Å². The number of rotatable bonds is 4. The van der Waals surface area contributed by atoms with E-state index in [9.17, 15) is 4.79 Å². The van der Waals surface area contributed by atoms with Gasteiger partial charge in [-0.1, -0.05) is 29.8 Å².